The van der Waals surface area contributed by atoms with Gasteiger partial charge in [-0.15, -0.1) is 0 Å². The van der Waals surface area contributed by atoms with E-state index in [1.165, 1.54) is 48.5 Å². The van der Waals surface area contributed by atoms with Crippen molar-refractivity contribution >= 4 is 59.3 Å². The Bertz CT molecular complexity index is 2070. The van der Waals surface area contributed by atoms with E-state index in [0.29, 0.717) is 22.4 Å². The van der Waals surface area contributed by atoms with Gasteiger partial charge in [0.2, 0.25) is 0 Å². The third-order valence-corrected chi connectivity index (χ3v) is 9.81. The maximum Gasteiger partial charge on any atom is 0.347 e. The minimum atomic E-state index is -4.38. The van der Waals surface area contributed by atoms with Crippen LogP contribution in [0.1, 0.15) is 26.3 Å². The highest BCUT2D eigenvalue weighted by atomic mass is 79.9. The largest absolute Gasteiger partial charge is 0.505 e. The van der Waals surface area contributed by atoms with Gasteiger partial charge in [0.05, 0.1) is 21.2 Å². The summed E-state index contributed by atoms with van der Waals surface area (Å²) in [6, 6.07) is 15.5. The van der Waals surface area contributed by atoms with Gasteiger partial charge >= 0.3 is 11.9 Å². The molecule has 0 radical (unpaired) electrons. The number of carboxylic acids is 1. The van der Waals surface area contributed by atoms with Gasteiger partial charge in [0.25, 0.3) is 20.0 Å². The Morgan fingerprint density at radius 1 is 0.822 bits per heavy atom. The van der Waals surface area contributed by atoms with Gasteiger partial charge in [-0.25, -0.2) is 26.4 Å². The number of fused-ring (bicyclic) bond motifs is 1. The molecular formula is C29H23BrN2O11S2. The number of benzene rings is 4. The number of halogens is 1. The van der Waals surface area contributed by atoms with Gasteiger partial charge in [-0.3, -0.25) is 9.44 Å². The van der Waals surface area contributed by atoms with E-state index in [1.54, 1.807) is 19.1 Å². The zero-order valence-corrected chi connectivity index (χ0v) is 26.3. The van der Waals surface area contributed by atoms with E-state index in [9.17, 15) is 36.6 Å². The van der Waals surface area contributed by atoms with Gasteiger partial charge in [-0.1, -0.05) is 34.1 Å². The molecule has 4 aromatic carbocycles. The first kappa shape index (κ1) is 31.6. The summed E-state index contributed by atoms with van der Waals surface area (Å²) in [7, 11) is -8.61. The Balaban J connectivity index is 1.46. The van der Waals surface area contributed by atoms with Crippen LogP contribution in [0.5, 0.6) is 23.0 Å². The number of carbonyl (C=O) groups is 2. The van der Waals surface area contributed by atoms with Gasteiger partial charge in [0.1, 0.15) is 24.3 Å². The molecule has 4 aromatic rings. The van der Waals surface area contributed by atoms with Crippen LogP contribution >= 0.6 is 15.9 Å². The molecule has 0 unspecified atom stereocenters. The van der Waals surface area contributed by atoms with Crippen molar-refractivity contribution in [3.05, 3.63) is 94.0 Å². The number of para-hydroxylation sites is 2. The van der Waals surface area contributed by atoms with Crippen molar-refractivity contribution in [3.8, 4) is 23.0 Å². The minimum absolute atomic E-state index is 0.0884. The highest BCUT2D eigenvalue weighted by Crippen LogP contribution is 2.37. The third kappa shape index (κ3) is 6.67. The maximum atomic E-state index is 13.3. The number of phenolic OH excluding ortho intramolecular Hbond substituents is 1. The number of phenols is 1. The molecule has 0 bridgehead atoms. The van der Waals surface area contributed by atoms with Crippen LogP contribution in [0.2, 0.25) is 0 Å². The molecule has 1 aliphatic rings. The molecule has 0 amide bonds. The molecule has 0 aromatic heterocycles. The number of hydrogen-bond donors (Lipinski definition) is 4. The standard InChI is InChI=1S/C29H23BrN2O11S2/c1-16-8-9-17(30)14-25(16)45(39,40)31-21-6-2-4-19(26(21)33)29(36)43-27-20(28(34)35)5-3-7-22(27)32-44(37,38)18-10-11-23-24(15-18)42-13-12-41-23/h2-11,14-15,31-33H,12-13H2,1H3,(H,34,35). The van der Waals surface area contributed by atoms with E-state index in [4.69, 9.17) is 14.2 Å². The molecule has 0 fully saturated rings. The van der Waals surface area contributed by atoms with Crippen molar-refractivity contribution in [3.63, 3.8) is 0 Å². The monoisotopic (exact) mass is 718 g/mol. The van der Waals surface area contributed by atoms with Gasteiger partial charge in [0, 0.05) is 10.5 Å². The van der Waals surface area contributed by atoms with Gasteiger partial charge in [-0.05, 0) is 61.0 Å². The first-order chi connectivity index (χ1) is 21.3. The number of aryl methyl sites for hydroxylation is 1. The molecule has 0 saturated heterocycles. The van der Waals surface area contributed by atoms with Crippen molar-refractivity contribution in [2.75, 3.05) is 22.7 Å². The number of hydrogen-bond acceptors (Lipinski definition) is 10. The zero-order chi connectivity index (χ0) is 32.5. The Hall–Kier alpha value is -4.80. The lowest BCUT2D eigenvalue weighted by molar-refractivity contribution is 0.0681. The SMILES string of the molecule is Cc1ccc(Br)cc1S(=O)(=O)Nc1cccc(C(=O)Oc2c(NS(=O)(=O)c3ccc4c(c3)OCCO4)cccc2C(=O)O)c1O. The van der Waals surface area contributed by atoms with Crippen LogP contribution in [0.15, 0.2) is 87.1 Å². The van der Waals surface area contributed by atoms with Crippen LogP contribution in [0.3, 0.4) is 0 Å². The van der Waals surface area contributed by atoms with Gasteiger partial charge < -0.3 is 24.4 Å². The molecule has 0 atom stereocenters. The lowest BCUT2D eigenvalue weighted by Gasteiger charge is -2.19. The molecule has 13 nitrogen and oxygen atoms in total. The number of nitrogens with one attached hydrogen (secondary N) is 2. The van der Waals surface area contributed by atoms with E-state index < -0.39 is 60.3 Å². The summed E-state index contributed by atoms with van der Waals surface area (Å²) in [5.74, 6) is -3.81. The molecule has 4 N–H and O–H groups in total. The summed E-state index contributed by atoms with van der Waals surface area (Å²) in [5, 5.41) is 20.6. The molecule has 0 spiro atoms. The summed E-state index contributed by atoms with van der Waals surface area (Å²) in [6.45, 7) is 2.08. The van der Waals surface area contributed by atoms with Gasteiger partial charge in [-0.2, -0.15) is 0 Å². The van der Waals surface area contributed by atoms with E-state index in [2.05, 4.69) is 25.4 Å². The number of esters is 1. The second kappa shape index (κ2) is 12.3. The Labute approximate surface area is 265 Å². The van der Waals surface area contributed by atoms with E-state index in [-0.39, 0.29) is 27.8 Å². The summed E-state index contributed by atoms with van der Waals surface area (Å²) in [4.78, 5) is 25.0. The second-order valence-electron chi connectivity index (χ2n) is 9.50. The summed E-state index contributed by atoms with van der Waals surface area (Å²) in [5.41, 5.74) is -1.47. The van der Waals surface area contributed by atoms with E-state index in [0.717, 1.165) is 12.1 Å². The van der Waals surface area contributed by atoms with Crippen LogP contribution in [0.25, 0.3) is 0 Å². The predicted molar refractivity (Wildman–Crippen MR) is 164 cm³/mol. The normalized spacial score (nSPS) is 12.7. The van der Waals surface area contributed by atoms with Crippen LogP contribution in [-0.2, 0) is 20.0 Å². The van der Waals surface area contributed by atoms with Crippen molar-refractivity contribution in [1.29, 1.82) is 0 Å². The lowest BCUT2D eigenvalue weighted by atomic mass is 10.1. The molecule has 1 aliphatic heterocycles. The van der Waals surface area contributed by atoms with Gasteiger partial charge in [0.15, 0.2) is 23.0 Å². The number of aromatic hydroxyl groups is 1. The summed E-state index contributed by atoms with van der Waals surface area (Å²) in [6.07, 6.45) is 0. The van der Waals surface area contributed by atoms with Crippen LogP contribution < -0.4 is 23.7 Å². The van der Waals surface area contributed by atoms with Crippen molar-refractivity contribution < 1.29 is 50.8 Å². The Morgan fingerprint density at radius 2 is 1.47 bits per heavy atom. The quantitative estimate of drug-likeness (QED) is 0.106. The molecule has 5 rings (SSSR count). The fourth-order valence-corrected chi connectivity index (χ4v) is 7.22. The number of rotatable bonds is 9. The van der Waals surface area contributed by atoms with Crippen molar-refractivity contribution in [1.82, 2.24) is 0 Å². The average molecular weight is 720 g/mol. The number of carbonyl (C=O) groups excluding carboxylic acids is 1. The Morgan fingerprint density at radius 3 is 2.18 bits per heavy atom. The number of anilines is 2. The van der Waals surface area contributed by atoms with Crippen LogP contribution in [0.4, 0.5) is 11.4 Å². The minimum Gasteiger partial charge on any atom is -0.505 e. The van der Waals surface area contributed by atoms with Crippen molar-refractivity contribution in [2.24, 2.45) is 0 Å². The third-order valence-electron chi connectivity index (χ3n) is 6.45. The number of sulfonamides is 2. The molecule has 45 heavy (non-hydrogen) atoms. The van der Waals surface area contributed by atoms with Crippen molar-refractivity contribution in [2.45, 2.75) is 16.7 Å². The fourth-order valence-electron chi connectivity index (χ4n) is 4.29. The molecule has 234 valence electrons. The highest BCUT2D eigenvalue weighted by molar-refractivity contribution is 9.10. The van der Waals surface area contributed by atoms with Crippen LogP contribution in [-0.4, -0.2) is 52.2 Å². The first-order valence-corrected chi connectivity index (χ1v) is 16.6. The number of carboxylic acid groups (broad SMARTS) is 1. The topological polar surface area (TPSA) is 195 Å². The molecule has 16 heteroatoms. The number of ether oxygens (including phenoxy) is 3. The number of aromatic carboxylic acids is 1. The first-order valence-electron chi connectivity index (χ1n) is 12.9. The summed E-state index contributed by atoms with van der Waals surface area (Å²) < 4.78 is 73.9. The highest BCUT2D eigenvalue weighted by Gasteiger charge is 2.27. The second-order valence-corrected chi connectivity index (χ2v) is 13.8. The molecule has 1 heterocycles. The fraction of sp³-hybridized carbons (Fsp3) is 0.103. The average Bonchev–Trinajstić information content (AvgIpc) is 2.99. The smallest absolute Gasteiger partial charge is 0.347 e. The molecule has 0 saturated carbocycles. The van der Waals surface area contributed by atoms with E-state index >= 15 is 0 Å². The maximum absolute atomic E-state index is 13.3. The zero-order valence-electron chi connectivity index (χ0n) is 23.1. The van der Waals surface area contributed by atoms with Crippen LogP contribution in [0, 0.1) is 6.92 Å². The molecular weight excluding hydrogens is 696 g/mol. The summed E-state index contributed by atoms with van der Waals surface area (Å²) >= 11 is 3.22. The molecule has 0 aliphatic carbocycles. The van der Waals surface area contributed by atoms with E-state index in [1.807, 2.05) is 0 Å². The lowest BCUT2D eigenvalue weighted by Crippen LogP contribution is -2.19. The Kier molecular flexibility index (Phi) is 8.64. The predicted octanol–water partition coefficient (Wildman–Crippen LogP) is 4.75.